The van der Waals surface area contributed by atoms with E-state index < -0.39 is 0 Å². The van der Waals surface area contributed by atoms with E-state index in [-0.39, 0.29) is 18.2 Å². The van der Waals surface area contributed by atoms with Crippen molar-refractivity contribution in [3.63, 3.8) is 0 Å². The van der Waals surface area contributed by atoms with E-state index in [0.717, 1.165) is 6.54 Å². The molecule has 84 valence electrons. The van der Waals surface area contributed by atoms with Crippen molar-refractivity contribution in [3.8, 4) is 0 Å². The van der Waals surface area contributed by atoms with Gasteiger partial charge in [0.25, 0.3) is 0 Å². The summed E-state index contributed by atoms with van der Waals surface area (Å²) in [5.41, 5.74) is 0. The topological polar surface area (TPSA) is 62.4 Å². The second kappa shape index (κ2) is 9.12. The molecule has 0 rings (SSSR count). The number of rotatable bonds is 6. The van der Waals surface area contributed by atoms with Crippen molar-refractivity contribution in [1.29, 1.82) is 0 Å². The van der Waals surface area contributed by atoms with Crippen molar-refractivity contribution < 1.29 is 17.4 Å². The zero-order valence-corrected chi connectivity index (χ0v) is 10.00. The second-order valence-electron chi connectivity index (χ2n) is 2.61. The molecule has 0 aromatic rings. The molecule has 0 aliphatic rings. The minimum atomic E-state index is -0.345. The molecule has 0 radical (unpaired) electrons. The Morgan fingerprint density at radius 1 is 1.21 bits per heavy atom. The van der Waals surface area contributed by atoms with Crippen LogP contribution in [0, 0.1) is 0 Å². The molecular weight excluding hydrogens is 202 g/mol. The Morgan fingerprint density at radius 3 is 2.07 bits per heavy atom. The van der Waals surface area contributed by atoms with E-state index in [4.69, 9.17) is 0 Å². The number of aliphatic imine (C=N–C) groups is 1. The van der Waals surface area contributed by atoms with Crippen LogP contribution in [0.1, 0.15) is 6.92 Å². The van der Waals surface area contributed by atoms with E-state index in [1.807, 2.05) is 28.1 Å². The Kier molecular flexibility index (Phi) is 10.4. The van der Waals surface area contributed by atoms with Crippen LogP contribution in [0.5, 0.6) is 0 Å². The summed E-state index contributed by atoms with van der Waals surface area (Å²) in [5.74, 6) is -0.345. The molecule has 0 saturated carbocycles. The number of hydrogen-bond donors (Lipinski definition) is 4. The number of likely N-dealkylation sites (N-methyl/N-ethyl adjacent to an activating group) is 3. The van der Waals surface area contributed by atoms with Crippen LogP contribution in [0.2, 0.25) is 0 Å². The van der Waals surface area contributed by atoms with Gasteiger partial charge in [-0.15, -0.1) is 0 Å². The van der Waals surface area contributed by atoms with Gasteiger partial charge in [0.05, 0.1) is 6.54 Å². The molecule has 14 heavy (non-hydrogen) atoms. The smallest absolute Gasteiger partial charge is 0.304 e. The molecule has 6 heteroatoms. The molecule has 0 aliphatic heterocycles. The third-order valence-electron chi connectivity index (χ3n) is 1.93. The largest absolute Gasteiger partial charge is 1.00 e. The SMILES string of the molecule is CC[NH+]=C=NCC(NC)(NC)NC.[Cl-]. The van der Waals surface area contributed by atoms with Crippen LogP contribution < -0.4 is 33.3 Å². The normalized spacial score (nSPS) is 10.0. The van der Waals surface area contributed by atoms with E-state index in [1.54, 1.807) is 0 Å². The van der Waals surface area contributed by atoms with E-state index in [2.05, 4.69) is 31.9 Å². The highest BCUT2D eigenvalue weighted by Crippen LogP contribution is 1.91. The second-order valence-corrected chi connectivity index (χ2v) is 2.61. The molecule has 0 saturated heterocycles. The first kappa shape index (κ1) is 16.0. The lowest BCUT2D eigenvalue weighted by Gasteiger charge is -2.28. The quantitative estimate of drug-likeness (QED) is 0.268. The maximum Gasteiger partial charge on any atom is 0.304 e. The molecule has 0 amide bonds. The van der Waals surface area contributed by atoms with E-state index >= 15 is 0 Å². The summed E-state index contributed by atoms with van der Waals surface area (Å²) in [7, 11) is 5.61. The van der Waals surface area contributed by atoms with E-state index in [1.165, 1.54) is 0 Å². The van der Waals surface area contributed by atoms with Crippen LogP contribution >= 0.6 is 0 Å². The van der Waals surface area contributed by atoms with Crippen LogP contribution in [-0.2, 0) is 0 Å². The molecule has 0 aromatic carbocycles. The maximum atomic E-state index is 4.10. The number of halogens is 1. The van der Waals surface area contributed by atoms with Crippen molar-refractivity contribution >= 4 is 6.01 Å². The van der Waals surface area contributed by atoms with Gasteiger partial charge in [0.1, 0.15) is 0 Å². The maximum absolute atomic E-state index is 4.10. The predicted molar refractivity (Wildman–Crippen MR) is 53.7 cm³/mol. The number of nitrogens with one attached hydrogen (secondary N) is 4. The first-order chi connectivity index (χ1) is 6.24. The summed E-state index contributed by atoms with van der Waals surface area (Å²) in [5, 5.41) is 9.32. The average Bonchev–Trinajstić information content (AvgIpc) is 2.20. The zero-order chi connectivity index (χ0) is 10.2. The van der Waals surface area contributed by atoms with Crippen molar-refractivity contribution in [2.75, 3.05) is 34.2 Å². The fourth-order valence-corrected chi connectivity index (χ4v) is 0.905. The molecule has 0 unspecified atom stereocenters. The van der Waals surface area contributed by atoms with Gasteiger partial charge in [0, 0.05) is 0 Å². The minimum Gasteiger partial charge on any atom is -1.00 e. The molecule has 0 heterocycles. The Bertz CT molecular complexity index is 176. The molecule has 0 spiro atoms. The Hall–Kier alpha value is -0.450. The van der Waals surface area contributed by atoms with Crippen molar-refractivity contribution in [2.24, 2.45) is 4.99 Å². The molecule has 0 bridgehead atoms. The van der Waals surface area contributed by atoms with Gasteiger partial charge in [0.15, 0.2) is 12.3 Å². The summed E-state index contributed by atoms with van der Waals surface area (Å²) >= 11 is 0. The highest BCUT2D eigenvalue weighted by molar-refractivity contribution is 5.32. The first-order valence-electron chi connectivity index (χ1n) is 4.45. The standard InChI is InChI=1S/C8H19N5.ClH/c1-5-12-7-13-6-8(9-2,10-3)11-4;/h9-11H,5-6H2,1-4H3;1H. The number of nitrogens with zero attached hydrogens (tertiary/aromatic N) is 1. The molecule has 4 N–H and O–H groups in total. The van der Waals surface area contributed by atoms with Crippen molar-refractivity contribution in [1.82, 2.24) is 16.0 Å². The average molecular weight is 222 g/mol. The van der Waals surface area contributed by atoms with Gasteiger partial charge in [-0.3, -0.25) is 16.0 Å². The summed E-state index contributed by atoms with van der Waals surface area (Å²) in [6, 6.07) is 2.75. The van der Waals surface area contributed by atoms with Crippen LogP contribution in [0.3, 0.4) is 0 Å². The highest BCUT2D eigenvalue weighted by atomic mass is 35.5. The summed E-state index contributed by atoms with van der Waals surface area (Å²) in [4.78, 5) is 6.99. The summed E-state index contributed by atoms with van der Waals surface area (Å²) < 4.78 is 0. The van der Waals surface area contributed by atoms with Crippen LogP contribution in [-0.4, -0.2) is 46.0 Å². The van der Waals surface area contributed by atoms with E-state index in [0.29, 0.717) is 6.54 Å². The lowest BCUT2D eigenvalue weighted by Crippen LogP contribution is -3.00. The fraction of sp³-hybridized carbons (Fsp3) is 0.875. The van der Waals surface area contributed by atoms with Gasteiger partial charge in [-0.05, 0) is 33.1 Å². The monoisotopic (exact) mass is 221 g/mol. The Morgan fingerprint density at radius 2 is 1.71 bits per heavy atom. The van der Waals surface area contributed by atoms with Crippen molar-refractivity contribution in [3.05, 3.63) is 0 Å². The van der Waals surface area contributed by atoms with Gasteiger partial charge in [-0.1, -0.05) is 0 Å². The van der Waals surface area contributed by atoms with Gasteiger partial charge in [-0.25, -0.2) is 4.99 Å². The highest BCUT2D eigenvalue weighted by Gasteiger charge is 2.25. The molecule has 0 aromatic heterocycles. The summed E-state index contributed by atoms with van der Waals surface area (Å²) in [6.45, 7) is 3.42. The lowest BCUT2D eigenvalue weighted by atomic mass is 10.3. The molecule has 0 aliphatic carbocycles. The molecule has 0 atom stereocenters. The first-order valence-corrected chi connectivity index (χ1v) is 4.45. The van der Waals surface area contributed by atoms with E-state index in [9.17, 15) is 0 Å². The Balaban J connectivity index is 0. The molecule has 5 nitrogen and oxygen atoms in total. The zero-order valence-electron chi connectivity index (χ0n) is 9.24. The lowest BCUT2D eigenvalue weighted by molar-refractivity contribution is -0.445. The van der Waals surface area contributed by atoms with Crippen LogP contribution in [0.25, 0.3) is 0 Å². The van der Waals surface area contributed by atoms with Crippen LogP contribution in [0.15, 0.2) is 4.99 Å². The summed E-state index contributed by atoms with van der Waals surface area (Å²) in [6.07, 6.45) is 0. The van der Waals surface area contributed by atoms with Gasteiger partial charge in [0.2, 0.25) is 0 Å². The third kappa shape index (κ3) is 5.32. The molecule has 0 fully saturated rings. The molecular formula is C8H20ClN5. The van der Waals surface area contributed by atoms with Gasteiger partial charge >= 0.3 is 6.01 Å². The van der Waals surface area contributed by atoms with Crippen LogP contribution in [0.4, 0.5) is 0 Å². The van der Waals surface area contributed by atoms with Gasteiger partial charge < -0.3 is 12.4 Å². The minimum absolute atomic E-state index is 0. The van der Waals surface area contributed by atoms with Crippen molar-refractivity contribution in [2.45, 2.75) is 12.7 Å². The Labute approximate surface area is 91.9 Å². The predicted octanol–water partition coefficient (Wildman–Crippen LogP) is -5.42. The number of hydrogen-bond acceptors (Lipinski definition) is 4. The fourth-order valence-electron chi connectivity index (χ4n) is 0.905. The third-order valence-corrected chi connectivity index (χ3v) is 1.93. The van der Waals surface area contributed by atoms with Gasteiger partial charge in [-0.2, -0.15) is 0 Å².